The van der Waals surface area contributed by atoms with Gasteiger partial charge in [-0.3, -0.25) is 0 Å². The molecule has 1 unspecified atom stereocenters. The molecule has 98 valence electrons. The Kier molecular flexibility index (Phi) is 5.18. The Bertz CT molecular complexity index is 521. The van der Waals surface area contributed by atoms with Gasteiger partial charge >= 0.3 is 0 Å². The summed E-state index contributed by atoms with van der Waals surface area (Å²) in [5, 5.41) is 2.63. The maximum absolute atomic E-state index is 6.37. The molecule has 2 aromatic rings. The summed E-state index contributed by atoms with van der Waals surface area (Å²) >= 11 is 0. The van der Waals surface area contributed by atoms with Gasteiger partial charge in [0.25, 0.3) is 0 Å². The first kappa shape index (κ1) is 15.0. The van der Waals surface area contributed by atoms with Crippen LogP contribution in [0.5, 0.6) is 0 Å². The molecule has 1 nitrogen and oxygen atoms in total. The number of hydrogen-bond donors (Lipinski definition) is 1. The molecule has 0 radical (unpaired) electrons. The van der Waals surface area contributed by atoms with Crippen LogP contribution in [0.25, 0.3) is 10.8 Å². The normalized spacial score (nSPS) is 14.0. The molecule has 18 heavy (non-hydrogen) atoms. The second kappa shape index (κ2) is 6.21. The minimum atomic E-state index is 0. The molecular formula is C16H22ClN. The zero-order valence-corrected chi connectivity index (χ0v) is 12.1. The summed E-state index contributed by atoms with van der Waals surface area (Å²) < 4.78 is 0. The molecule has 2 atom stereocenters. The van der Waals surface area contributed by atoms with E-state index in [4.69, 9.17) is 5.73 Å². The molecule has 2 heteroatoms. The van der Waals surface area contributed by atoms with Crippen LogP contribution in [-0.2, 0) is 0 Å². The largest absolute Gasteiger partial charge is 0.324 e. The van der Waals surface area contributed by atoms with Crippen molar-refractivity contribution in [2.45, 2.75) is 33.2 Å². The van der Waals surface area contributed by atoms with E-state index in [0.717, 1.165) is 6.42 Å². The Morgan fingerprint density at radius 1 is 1.06 bits per heavy atom. The fourth-order valence-electron chi connectivity index (χ4n) is 2.32. The van der Waals surface area contributed by atoms with Crippen molar-refractivity contribution >= 4 is 23.2 Å². The number of rotatable bonds is 3. The molecule has 0 fully saturated rings. The fraction of sp³-hybridized carbons (Fsp3) is 0.375. The molecule has 2 aromatic carbocycles. The number of hydrogen-bond acceptors (Lipinski definition) is 1. The monoisotopic (exact) mass is 263 g/mol. The van der Waals surface area contributed by atoms with Crippen molar-refractivity contribution in [1.29, 1.82) is 0 Å². The van der Waals surface area contributed by atoms with Gasteiger partial charge in [-0.25, -0.2) is 0 Å². The van der Waals surface area contributed by atoms with Gasteiger partial charge in [-0.15, -0.1) is 12.4 Å². The van der Waals surface area contributed by atoms with Gasteiger partial charge in [0.15, 0.2) is 0 Å². The van der Waals surface area contributed by atoms with Crippen LogP contribution in [0.4, 0.5) is 0 Å². The number of halogens is 1. The molecule has 0 aromatic heterocycles. The summed E-state index contributed by atoms with van der Waals surface area (Å²) in [5.74, 6) is 0.515. The summed E-state index contributed by atoms with van der Waals surface area (Å²) in [5.41, 5.74) is 8.96. The minimum Gasteiger partial charge on any atom is -0.324 e. The van der Waals surface area contributed by atoms with Crippen molar-refractivity contribution in [2.24, 2.45) is 11.7 Å². The van der Waals surface area contributed by atoms with E-state index in [1.54, 1.807) is 0 Å². The van der Waals surface area contributed by atoms with Crippen LogP contribution in [0.1, 0.15) is 37.4 Å². The van der Waals surface area contributed by atoms with Gasteiger partial charge < -0.3 is 5.73 Å². The Hall–Kier alpha value is -1.05. The summed E-state index contributed by atoms with van der Waals surface area (Å²) in [4.78, 5) is 0. The van der Waals surface area contributed by atoms with E-state index in [1.165, 1.54) is 21.9 Å². The molecule has 0 heterocycles. The van der Waals surface area contributed by atoms with Crippen LogP contribution < -0.4 is 5.73 Å². The quantitative estimate of drug-likeness (QED) is 0.859. The van der Waals surface area contributed by atoms with Crippen LogP contribution in [0.3, 0.4) is 0 Å². The van der Waals surface area contributed by atoms with Crippen LogP contribution in [0.15, 0.2) is 36.4 Å². The summed E-state index contributed by atoms with van der Waals surface area (Å²) in [6.07, 6.45) is 1.11. The molecule has 0 aliphatic rings. The summed E-state index contributed by atoms with van der Waals surface area (Å²) in [7, 11) is 0. The Morgan fingerprint density at radius 3 is 2.28 bits per heavy atom. The van der Waals surface area contributed by atoms with E-state index in [0.29, 0.717) is 5.92 Å². The Labute approximate surface area is 116 Å². The predicted octanol–water partition coefficient (Wildman–Crippen LogP) is 4.62. The molecule has 0 bridgehead atoms. The van der Waals surface area contributed by atoms with Gasteiger partial charge in [0.2, 0.25) is 0 Å². The van der Waals surface area contributed by atoms with Crippen molar-refractivity contribution in [2.75, 3.05) is 0 Å². The molecule has 2 rings (SSSR count). The highest BCUT2D eigenvalue weighted by Gasteiger charge is 2.15. The van der Waals surface area contributed by atoms with Crippen molar-refractivity contribution in [1.82, 2.24) is 0 Å². The lowest BCUT2D eigenvalue weighted by Gasteiger charge is -2.21. The highest BCUT2D eigenvalue weighted by Crippen LogP contribution is 2.30. The average molecular weight is 264 g/mol. The second-order valence-electron chi connectivity index (χ2n) is 4.93. The first-order valence-corrected chi connectivity index (χ1v) is 6.39. The van der Waals surface area contributed by atoms with Gasteiger partial charge in [-0.2, -0.15) is 0 Å². The lowest BCUT2D eigenvalue weighted by Crippen LogP contribution is -2.18. The molecule has 0 aliphatic carbocycles. The third kappa shape index (κ3) is 2.68. The number of aryl methyl sites for hydroxylation is 1. The Morgan fingerprint density at radius 2 is 1.67 bits per heavy atom. The lowest BCUT2D eigenvalue weighted by atomic mass is 9.89. The Balaban J connectivity index is 0.00000162. The maximum atomic E-state index is 6.37. The smallest absolute Gasteiger partial charge is 0.0326 e. The van der Waals surface area contributed by atoms with Gasteiger partial charge in [0.05, 0.1) is 0 Å². The standard InChI is InChI=1S/C16H21N.ClH/c1-4-11(2)16(17)15-10-9-12(3)13-7-5-6-8-14(13)15;/h5-11,16H,4,17H2,1-3H3;1H/t11?,16-;/m1./s1. The number of fused-ring (bicyclic) bond motifs is 1. The third-order valence-electron chi connectivity index (χ3n) is 3.79. The molecular weight excluding hydrogens is 242 g/mol. The average Bonchev–Trinajstić information content (AvgIpc) is 2.38. The lowest BCUT2D eigenvalue weighted by molar-refractivity contribution is 0.459. The molecule has 0 amide bonds. The van der Waals surface area contributed by atoms with Crippen molar-refractivity contribution < 1.29 is 0 Å². The highest BCUT2D eigenvalue weighted by atomic mass is 35.5. The van der Waals surface area contributed by atoms with E-state index in [2.05, 4.69) is 57.2 Å². The van der Waals surface area contributed by atoms with Gasteiger partial charge in [0, 0.05) is 6.04 Å². The van der Waals surface area contributed by atoms with E-state index in [1.807, 2.05) is 0 Å². The molecule has 0 saturated heterocycles. The van der Waals surface area contributed by atoms with Gasteiger partial charge in [-0.1, -0.05) is 56.7 Å². The number of benzene rings is 2. The van der Waals surface area contributed by atoms with Gasteiger partial charge in [-0.05, 0) is 34.7 Å². The predicted molar refractivity (Wildman–Crippen MR) is 82.3 cm³/mol. The third-order valence-corrected chi connectivity index (χ3v) is 3.79. The van der Waals surface area contributed by atoms with Crippen molar-refractivity contribution in [3.63, 3.8) is 0 Å². The summed E-state index contributed by atoms with van der Waals surface area (Å²) in [6, 6.07) is 13.0. The zero-order chi connectivity index (χ0) is 12.4. The summed E-state index contributed by atoms with van der Waals surface area (Å²) in [6.45, 7) is 6.57. The van der Waals surface area contributed by atoms with E-state index < -0.39 is 0 Å². The highest BCUT2D eigenvalue weighted by molar-refractivity contribution is 5.88. The van der Waals surface area contributed by atoms with E-state index in [9.17, 15) is 0 Å². The molecule has 0 spiro atoms. The van der Waals surface area contributed by atoms with E-state index >= 15 is 0 Å². The van der Waals surface area contributed by atoms with Crippen LogP contribution in [0, 0.1) is 12.8 Å². The van der Waals surface area contributed by atoms with E-state index in [-0.39, 0.29) is 18.4 Å². The maximum Gasteiger partial charge on any atom is 0.0326 e. The fourth-order valence-corrected chi connectivity index (χ4v) is 2.32. The zero-order valence-electron chi connectivity index (χ0n) is 11.3. The second-order valence-corrected chi connectivity index (χ2v) is 4.93. The van der Waals surface area contributed by atoms with Crippen molar-refractivity contribution in [3.8, 4) is 0 Å². The minimum absolute atomic E-state index is 0. The first-order valence-electron chi connectivity index (χ1n) is 6.39. The molecule has 0 aliphatic heterocycles. The topological polar surface area (TPSA) is 26.0 Å². The van der Waals surface area contributed by atoms with Crippen LogP contribution in [0.2, 0.25) is 0 Å². The molecule has 2 N–H and O–H groups in total. The van der Waals surface area contributed by atoms with Crippen LogP contribution in [-0.4, -0.2) is 0 Å². The van der Waals surface area contributed by atoms with Gasteiger partial charge in [0.1, 0.15) is 0 Å². The first-order chi connectivity index (χ1) is 8.15. The number of nitrogens with two attached hydrogens (primary N) is 1. The van der Waals surface area contributed by atoms with Crippen LogP contribution >= 0.6 is 12.4 Å². The van der Waals surface area contributed by atoms with Crippen molar-refractivity contribution in [3.05, 3.63) is 47.5 Å². The SMILES string of the molecule is CCC(C)[C@@H](N)c1ccc(C)c2ccccc12.Cl. The molecule has 0 saturated carbocycles.